The molecule has 0 fully saturated rings. The number of fused-ring (bicyclic) bond motifs is 3. The van der Waals surface area contributed by atoms with Crippen LogP contribution in [0.3, 0.4) is 0 Å². The van der Waals surface area contributed by atoms with E-state index in [-0.39, 0.29) is 12.4 Å². The quantitative estimate of drug-likeness (QED) is 0.395. The van der Waals surface area contributed by atoms with Crippen LogP contribution in [0.2, 0.25) is 0 Å². The molecular weight excluding hydrogens is 332 g/mol. The second-order valence-electron chi connectivity index (χ2n) is 4.81. The van der Waals surface area contributed by atoms with E-state index in [2.05, 4.69) is 15.4 Å². The van der Waals surface area contributed by atoms with Gasteiger partial charge < -0.3 is 15.0 Å². The highest BCUT2D eigenvalue weighted by molar-refractivity contribution is 7.85. The highest BCUT2D eigenvalue weighted by Crippen LogP contribution is 2.15. The molecule has 0 aliphatic rings. The molecule has 2 heterocycles. The molecule has 1 aromatic carbocycles. The Hall–Kier alpha value is -2.36. The summed E-state index contributed by atoms with van der Waals surface area (Å²) >= 11 is 0. The van der Waals surface area contributed by atoms with Gasteiger partial charge in [0.2, 0.25) is 0 Å². The number of hydrogen-bond acceptors (Lipinski definition) is 7. The fourth-order valence-electron chi connectivity index (χ4n) is 1.92. The zero-order valence-corrected chi connectivity index (χ0v) is 13.9. The van der Waals surface area contributed by atoms with Crippen molar-refractivity contribution < 1.29 is 22.6 Å². The summed E-state index contributed by atoms with van der Waals surface area (Å²) in [6, 6.07) is 10.1. The lowest BCUT2D eigenvalue weighted by molar-refractivity contribution is -0.582. The Bertz CT molecular complexity index is 931. The minimum atomic E-state index is -3.91. The third-order valence-electron chi connectivity index (χ3n) is 3.12. The van der Waals surface area contributed by atoms with Crippen molar-refractivity contribution in [3.05, 3.63) is 42.7 Å². The number of pyridine rings is 1. The van der Waals surface area contributed by atoms with Gasteiger partial charge in [0.15, 0.2) is 0 Å². The van der Waals surface area contributed by atoms with Gasteiger partial charge in [-0.15, -0.1) is 4.52 Å². The maximum absolute atomic E-state index is 9.44. The summed E-state index contributed by atoms with van der Waals surface area (Å²) in [5, 5.41) is 18.3. The summed E-state index contributed by atoms with van der Waals surface area (Å²) < 4.78 is 30.1. The summed E-state index contributed by atoms with van der Waals surface area (Å²) in [4.78, 5) is 4.52. The molecule has 8 nitrogen and oxygen atoms in total. The standard InChI is InChI=1S/C13H12N4O.C2H6O3S/c18-8-6-14-12-9-15-17-7-5-10-3-1-2-4-11(10)13(17)16-12;1-2-6(3,4)5/h1-5,7,9,18H,6,8H2;2H2,1H3,(H,3,4,5). The molecule has 0 saturated heterocycles. The first-order chi connectivity index (χ1) is 11.4. The Morgan fingerprint density at radius 2 is 2.00 bits per heavy atom. The number of benzene rings is 1. The first-order valence-corrected chi connectivity index (χ1v) is 8.87. The maximum Gasteiger partial charge on any atom is 0.358 e. The minimum Gasteiger partial charge on any atom is -0.748 e. The van der Waals surface area contributed by atoms with E-state index in [1.807, 2.05) is 36.5 Å². The second kappa shape index (κ2) is 7.95. The lowest BCUT2D eigenvalue weighted by Gasteiger charge is -1.99. The van der Waals surface area contributed by atoms with Crippen LogP contribution in [0.1, 0.15) is 6.92 Å². The van der Waals surface area contributed by atoms with Gasteiger partial charge in [-0.05, 0) is 22.5 Å². The molecule has 3 rings (SSSR count). The topological polar surface area (TPSA) is 119 Å². The van der Waals surface area contributed by atoms with Crippen LogP contribution in [0, 0.1) is 0 Å². The van der Waals surface area contributed by atoms with Crippen LogP contribution in [0.4, 0.5) is 5.82 Å². The predicted molar refractivity (Wildman–Crippen MR) is 88.5 cm³/mol. The van der Waals surface area contributed by atoms with Crippen molar-refractivity contribution in [3.8, 4) is 0 Å². The molecule has 24 heavy (non-hydrogen) atoms. The van der Waals surface area contributed by atoms with Gasteiger partial charge in [-0.1, -0.05) is 30.2 Å². The Balaban J connectivity index is 0.000000301. The van der Waals surface area contributed by atoms with Crippen LogP contribution in [0.25, 0.3) is 16.4 Å². The predicted octanol–water partition coefficient (Wildman–Crippen LogP) is 0.324. The fourth-order valence-corrected chi connectivity index (χ4v) is 1.92. The zero-order chi connectivity index (χ0) is 17.6. The number of aliphatic hydroxyl groups is 1. The zero-order valence-electron chi connectivity index (χ0n) is 13.1. The lowest BCUT2D eigenvalue weighted by atomic mass is 10.2. The van der Waals surface area contributed by atoms with Gasteiger partial charge in [-0.25, -0.2) is 8.42 Å². The summed E-state index contributed by atoms with van der Waals surface area (Å²) in [5.41, 5.74) is 0.802. The van der Waals surface area contributed by atoms with Crippen molar-refractivity contribution in [1.29, 1.82) is 0 Å². The van der Waals surface area contributed by atoms with E-state index in [0.29, 0.717) is 12.4 Å². The maximum atomic E-state index is 9.44. The Kier molecular flexibility index (Phi) is 5.96. The summed E-state index contributed by atoms with van der Waals surface area (Å²) in [6.07, 6.45) is 3.54. The van der Waals surface area contributed by atoms with Crippen molar-refractivity contribution in [1.82, 2.24) is 10.1 Å². The van der Waals surface area contributed by atoms with Gasteiger partial charge in [0, 0.05) is 12.3 Å². The van der Waals surface area contributed by atoms with E-state index in [9.17, 15) is 13.0 Å². The van der Waals surface area contributed by atoms with Gasteiger partial charge >= 0.3 is 5.65 Å². The number of nitrogens with zero attached hydrogens (tertiary/aromatic N) is 3. The van der Waals surface area contributed by atoms with Crippen LogP contribution in [-0.4, -0.2) is 47.1 Å². The highest BCUT2D eigenvalue weighted by Gasteiger charge is 2.12. The van der Waals surface area contributed by atoms with Crippen LogP contribution < -0.4 is 9.83 Å². The van der Waals surface area contributed by atoms with Gasteiger partial charge in [-0.2, -0.15) is 0 Å². The van der Waals surface area contributed by atoms with Crippen molar-refractivity contribution in [2.45, 2.75) is 6.92 Å². The third-order valence-corrected chi connectivity index (χ3v) is 3.82. The average molecular weight is 350 g/mol. The molecule has 0 unspecified atom stereocenters. The van der Waals surface area contributed by atoms with Gasteiger partial charge in [0.1, 0.15) is 12.4 Å². The van der Waals surface area contributed by atoms with Crippen LogP contribution in [0.5, 0.6) is 0 Å². The molecule has 0 spiro atoms. The molecule has 3 aromatic rings. The Labute approximate surface area is 139 Å². The van der Waals surface area contributed by atoms with Gasteiger partial charge in [-0.3, -0.25) is 0 Å². The van der Waals surface area contributed by atoms with Crippen molar-refractivity contribution >= 4 is 32.4 Å². The molecular formula is C15H18N4O4S. The van der Waals surface area contributed by atoms with Crippen molar-refractivity contribution in [2.24, 2.45) is 0 Å². The second-order valence-corrected chi connectivity index (χ2v) is 6.50. The number of rotatable bonds is 4. The Morgan fingerprint density at radius 1 is 1.29 bits per heavy atom. The molecule has 0 radical (unpaired) electrons. The molecule has 0 saturated carbocycles. The first-order valence-electron chi connectivity index (χ1n) is 7.29. The van der Waals surface area contributed by atoms with E-state index >= 15 is 0 Å². The largest absolute Gasteiger partial charge is 0.748 e. The molecule has 0 aliphatic heterocycles. The van der Waals surface area contributed by atoms with Gasteiger partial charge in [0.25, 0.3) is 5.82 Å². The molecule has 0 amide bonds. The summed E-state index contributed by atoms with van der Waals surface area (Å²) in [7, 11) is -3.91. The van der Waals surface area contributed by atoms with E-state index in [1.165, 1.54) is 6.92 Å². The molecule has 0 bridgehead atoms. The Morgan fingerprint density at radius 3 is 2.67 bits per heavy atom. The van der Waals surface area contributed by atoms with Crippen molar-refractivity contribution in [2.75, 3.05) is 24.2 Å². The van der Waals surface area contributed by atoms with Gasteiger partial charge in [0.05, 0.1) is 22.1 Å². The van der Waals surface area contributed by atoms with Crippen LogP contribution >= 0.6 is 0 Å². The van der Waals surface area contributed by atoms with Crippen LogP contribution in [-0.2, 0) is 10.1 Å². The molecule has 2 aromatic heterocycles. The minimum absolute atomic E-state index is 0.0718. The number of aliphatic hydroxyl groups excluding tert-OH is 1. The molecule has 9 heteroatoms. The molecule has 2 N–H and O–H groups in total. The average Bonchev–Trinajstić information content (AvgIpc) is 2.59. The molecule has 0 atom stereocenters. The summed E-state index contributed by atoms with van der Waals surface area (Å²) in [6.45, 7) is 1.85. The molecule has 0 aliphatic carbocycles. The number of nitrogens with one attached hydrogen (secondary N) is 1. The molecule has 128 valence electrons. The van der Waals surface area contributed by atoms with E-state index in [4.69, 9.17) is 5.11 Å². The van der Waals surface area contributed by atoms with E-state index in [1.54, 1.807) is 10.7 Å². The number of anilines is 1. The first kappa shape index (κ1) is 18.0. The van der Waals surface area contributed by atoms with E-state index in [0.717, 1.165) is 16.4 Å². The lowest BCUT2D eigenvalue weighted by Crippen LogP contribution is -2.28. The SMILES string of the molecule is CCS(=O)(=O)[O-].OCCNc1cn[n+]2ccc3ccccc3c2n1. The number of hydrogen-bond donors (Lipinski definition) is 2. The third kappa shape index (κ3) is 4.82. The van der Waals surface area contributed by atoms with Crippen LogP contribution in [0.15, 0.2) is 42.7 Å². The monoisotopic (exact) mass is 350 g/mol. The van der Waals surface area contributed by atoms with E-state index < -0.39 is 10.1 Å². The highest BCUT2D eigenvalue weighted by atomic mass is 32.2. The normalized spacial score (nSPS) is 11.1. The fraction of sp³-hybridized carbons (Fsp3) is 0.267. The van der Waals surface area contributed by atoms with Crippen molar-refractivity contribution in [3.63, 3.8) is 0 Å². The summed E-state index contributed by atoms with van der Waals surface area (Å²) in [5.74, 6) is 0.355. The smallest absolute Gasteiger partial charge is 0.358 e. The number of aromatic nitrogens is 3.